The Hall–Kier alpha value is -2.29. The smallest absolute Gasteiger partial charge is 0.255 e. The van der Waals surface area contributed by atoms with Gasteiger partial charge in [0.25, 0.3) is 5.91 Å². The van der Waals surface area contributed by atoms with Crippen molar-refractivity contribution < 1.29 is 17.6 Å². The molecule has 0 unspecified atom stereocenters. The zero-order valence-corrected chi connectivity index (χ0v) is 15.7. The molecule has 26 heavy (non-hydrogen) atoms. The summed E-state index contributed by atoms with van der Waals surface area (Å²) in [7, 11) is -2.57. The summed E-state index contributed by atoms with van der Waals surface area (Å²) < 4.78 is 39.3. The molecule has 9 heteroatoms. The van der Waals surface area contributed by atoms with E-state index in [1.165, 1.54) is 50.4 Å². The van der Waals surface area contributed by atoms with Crippen molar-refractivity contribution in [3.05, 3.63) is 64.9 Å². The Morgan fingerprint density at radius 3 is 2.42 bits per heavy atom. The van der Waals surface area contributed by atoms with E-state index in [1.807, 2.05) is 0 Å². The molecule has 0 fully saturated rings. The summed E-state index contributed by atoms with van der Waals surface area (Å²) in [5.74, 6) is -1.12. The van der Waals surface area contributed by atoms with Crippen LogP contribution in [0.3, 0.4) is 0 Å². The third-order valence-corrected chi connectivity index (χ3v) is 5.57. The number of sulfonamides is 1. The molecule has 0 saturated heterocycles. The summed E-state index contributed by atoms with van der Waals surface area (Å²) in [5, 5.41) is 4.22. The average Bonchev–Trinajstić information content (AvgIpc) is 2.60. The molecule has 0 aliphatic carbocycles. The highest BCUT2D eigenvalue weighted by atomic mass is 35.5. The van der Waals surface area contributed by atoms with Crippen LogP contribution in [0.15, 0.2) is 58.5 Å². The van der Waals surface area contributed by atoms with Crippen molar-refractivity contribution >= 4 is 33.2 Å². The lowest BCUT2D eigenvalue weighted by atomic mass is 10.1. The normalized spacial score (nSPS) is 12.3. The zero-order chi connectivity index (χ0) is 19.3. The number of amides is 1. The molecule has 0 spiro atoms. The van der Waals surface area contributed by atoms with Crippen molar-refractivity contribution in [1.82, 2.24) is 9.73 Å². The van der Waals surface area contributed by atoms with E-state index in [2.05, 4.69) is 10.5 Å². The number of rotatable bonds is 6. The standard InChI is InChI=1S/C17H17ClFN3O3S/c1-12(15-5-3-4-6-16(15)19)20-21-17(23)11-22(2)26(24,25)14-9-7-13(18)8-10-14/h3-10H,11H2,1-2H3,(H,21,23)/b20-12-. The second-order valence-electron chi connectivity index (χ2n) is 5.43. The Kier molecular flexibility index (Phi) is 6.47. The van der Waals surface area contributed by atoms with Gasteiger partial charge in [-0.05, 0) is 37.3 Å². The number of halogens is 2. The summed E-state index contributed by atoms with van der Waals surface area (Å²) >= 11 is 5.74. The van der Waals surface area contributed by atoms with Crippen LogP contribution >= 0.6 is 11.6 Å². The van der Waals surface area contributed by atoms with Crippen LogP contribution in [0.5, 0.6) is 0 Å². The predicted molar refractivity (Wildman–Crippen MR) is 98.0 cm³/mol. The third kappa shape index (κ3) is 4.87. The first-order chi connectivity index (χ1) is 12.2. The monoisotopic (exact) mass is 397 g/mol. The molecule has 0 saturated carbocycles. The van der Waals surface area contributed by atoms with Gasteiger partial charge in [0, 0.05) is 17.6 Å². The number of hydrogen-bond donors (Lipinski definition) is 1. The van der Waals surface area contributed by atoms with Crippen LogP contribution < -0.4 is 5.43 Å². The Morgan fingerprint density at radius 1 is 1.19 bits per heavy atom. The van der Waals surface area contributed by atoms with E-state index >= 15 is 0 Å². The molecule has 0 radical (unpaired) electrons. The van der Waals surface area contributed by atoms with Gasteiger partial charge in [-0.2, -0.15) is 9.41 Å². The number of hydrazone groups is 1. The number of likely N-dealkylation sites (N-methyl/N-ethyl adjacent to an activating group) is 1. The van der Waals surface area contributed by atoms with Crippen molar-refractivity contribution in [2.75, 3.05) is 13.6 Å². The van der Waals surface area contributed by atoms with E-state index in [0.717, 1.165) is 4.31 Å². The minimum atomic E-state index is -3.84. The molecule has 0 atom stereocenters. The molecular weight excluding hydrogens is 381 g/mol. The Labute approximate surface area is 156 Å². The Balaban J connectivity index is 2.04. The molecule has 6 nitrogen and oxygen atoms in total. The number of nitrogens with one attached hydrogen (secondary N) is 1. The minimum Gasteiger partial charge on any atom is -0.272 e. The van der Waals surface area contributed by atoms with Gasteiger partial charge in [-0.1, -0.05) is 29.8 Å². The highest BCUT2D eigenvalue weighted by Crippen LogP contribution is 2.17. The van der Waals surface area contributed by atoms with E-state index in [9.17, 15) is 17.6 Å². The molecule has 138 valence electrons. The van der Waals surface area contributed by atoms with Crippen molar-refractivity contribution in [2.24, 2.45) is 5.10 Å². The average molecular weight is 398 g/mol. The second-order valence-corrected chi connectivity index (χ2v) is 7.91. The molecule has 1 amide bonds. The fourth-order valence-electron chi connectivity index (χ4n) is 2.07. The van der Waals surface area contributed by atoms with Gasteiger partial charge in [0.2, 0.25) is 10.0 Å². The molecule has 2 rings (SSSR count). The lowest BCUT2D eigenvalue weighted by Crippen LogP contribution is -2.36. The minimum absolute atomic E-state index is 0.0169. The molecule has 2 aromatic rings. The van der Waals surface area contributed by atoms with E-state index in [0.29, 0.717) is 5.02 Å². The lowest BCUT2D eigenvalue weighted by molar-refractivity contribution is -0.121. The number of carbonyl (C=O) groups excluding carboxylic acids is 1. The summed E-state index contributed by atoms with van der Waals surface area (Å²) in [6, 6.07) is 11.6. The first-order valence-electron chi connectivity index (χ1n) is 7.52. The van der Waals surface area contributed by atoms with E-state index in [1.54, 1.807) is 12.1 Å². The third-order valence-electron chi connectivity index (χ3n) is 3.50. The summed E-state index contributed by atoms with van der Waals surface area (Å²) in [5.41, 5.74) is 2.74. The molecule has 0 bridgehead atoms. The molecule has 0 aliphatic rings. The van der Waals surface area contributed by atoms with Gasteiger partial charge in [0.1, 0.15) is 5.82 Å². The van der Waals surface area contributed by atoms with Gasteiger partial charge in [0.05, 0.1) is 17.2 Å². The van der Waals surface area contributed by atoms with Crippen molar-refractivity contribution in [2.45, 2.75) is 11.8 Å². The lowest BCUT2D eigenvalue weighted by Gasteiger charge is -2.16. The topological polar surface area (TPSA) is 78.8 Å². The van der Waals surface area contributed by atoms with E-state index < -0.39 is 28.3 Å². The largest absolute Gasteiger partial charge is 0.272 e. The van der Waals surface area contributed by atoms with Gasteiger partial charge >= 0.3 is 0 Å². The van der Waals surface area contributed by atoms with Crippen LogP contribution in [0.4, 0.5) is 4.39 Å². The summed E-state index contributed by atoms with van der Waals surface area (Å²) in [6.45, 7) is 1.09. The first-order valence-corrected chi connectivity index (χ1v) is 9.33. The van der Waals surface area contributed by atoms with E-state index in [-0.39, 0.29) is 16.2 Å². The second kappa shape index (κ2) is 8.39. The quantitative estimate of drug-likeness (QED) is 0.601. The maximum Gasteiger partial charge on any atom is 0.255 e. The van der Waals surface area contributed by atoms with Crippen LogP contribution in [0.1, 0.15) is 12.5 Å². The fraction of sp³-hybridized carbons (Fsp3) is 0.176. The van der Waals surface area contributed by atoms with Crippen molar-refractivity contribution in [3.8, 4) is 0 Å². The molecule has 0 aliphatic heterocycles. The molecule has 0 heterocycles. The number of nitrogens with zero attached hydrogens (tertiary/aromatic N) is 2. The van der Waals surface area contributed by atoms with Gasteiger partial charge in [-0.3, -0.25) is 4.79 Å². The number of benzene rings is 2. The van der Waals surface area contributed by atoms with Gasteiger partial charge in [0.15, 0.2) is 0 Å². The van der Waals surface area contributed by atoms with Crippen LogP contribution in [-0.4, -0.2) is 37.9 Å². The highest BCUT2D eigenvalue weighted by Gasteiger charge is 2.22. The predicted octanol–water partition coefficient (Wildman–Crippen LogP) is 2.64. The van der Waals surface area contributed by atoms with Crippen LogP contribution in [0.2, 0.25) is 5.02 Å². The number of carbonyl (C=O) groups is 1. The molecule has 1 N–H and O–H groups in total. The Bertz CT molecular complexity index is 931. The van der Waals surface area contributed by atoms with Crippen LogP contribution in [0.25, 0.3) is 0 Å². The summed E-state index contributed by atoms with van der Waals surface area (Å²) in [6.07, 6.45) is 0. The zero-order valence-electron chi connectivity index (χ0n) is 14.1. The summed E-state index contributed by atoms with van der Waals surface area (Å²) in [4.78, 5) is 12.0. The van der Waals surface area contributed by atoms with E-state index in [4.69, 9.17) is 11.6 Å². The molecular formula is C17H17ClFN3O3S. The fourth-order valence-corrected chi connectivity index (χ4v) is 3.32. The van der Waals surface area contributed by atoms with Gasteiger partial charge in [-0.25, -0.2) is 18.2 Å². The molecule has 2 aromatic carbocycles. The first kappa shape index (κ1) is 20.0. The highest BCUT2D eigenvalue weighted by molar-refractivity contribution is 7.89. The van der Waals surface area contributed by atoms with Crippen LogP contribution in [0, 0.1) is 5.82 Å². The van der Waals surface area contributed by atoms with Crippen LogP contribution in [-0.2, 0) is 14.8 Å². The van der Waals surface area contributed by atoms with Gasteiger partial charge < -0.3 is 0 Å². The number of hydrogen-bond acceptors (Lipinski definition) is 4. The Morgan fingerprint density at radius 2 is 1.81 bits per heavy atom. The maximum absolute atomic E-state index is 13.7. The molecule has 0 aromatic heterocycles. The maximum atomic E-state index is 13.7. The van der Waals surface area contributed by atoms with Crippen molar-refractivity contribution in [1.29, 1.82) is 0 Å². The SMILES string of the molecule is C/C(=N/NC(=O)CN(C)S(=O)(=O)c1ccc(Cl)cc1)c1ccccc1F. The van der Waals surface area contributed by atoms with Crippen molar-refractivity contribution in [3.63, 3.8) is 0 Å². The van der Waals surface area contributed by atoms with Gasteiger partial charge in [-0.15, -0.1) is 0 Å².